The van der Waals surface area contributed by atoms with Gasteiger partial charge in [-0.2, -0.15) is 0 Å². The summed E-state index contributed by atoms with van der Waals surface area (Å²) >= 11 is 6.20. The summed E-state index contributed by atoms with van der Waals surface area (Å²) in [5, 5.41) is 0.474. The van der Waals surface area contributed by atoms with Crippen molar-refractivity contribution in [1.82, 2.24) is 9.38 Å². The predicted octanol–water partition coefficient (Wildman–Crippen LogP) is 4.41. The van der Waals surface area contributed by atoms with Crippen molar-refractivity contribution in [2.45, 2.75) is 33.8 Å². The first-order chi connectivity index (χ1) is 11.4. The smallest absolute Gasteiger partial charge is 0.258 e. The fourth-order valence-corrected chi connectivity index (χ4v) is 2.93. The lowest BCUT2D eigenvalue weighted by Gasteiger charge is -2.19. The molecule has 0 N–H and O–H groups in total. The van der Waals surface area contributed by atoms with Gasteiger partial charge in [-0.15, -0.1) is 0 Å². The largest absolute Gasteiger partial charge is 0.486 e. The molecule has 0 aliphatic heterocycles. The zero-order chi connectivity index (χ0) is 17.4. The van der Waals surface area contributed by atoms with Crippen molar-refractivity contribution >= 4 is 17.2 Å². The summed E-state index contributed by atoms with van der Waals surface area (Å²) in [6.07, 6.45) is 1.28. The molecular weight excluding hydrogens is 324 g/mol. The monoisotopic (exact) mass is 342 g/mol. The summed E-state index contributed by atoms with van der Waals surface area (Å²) in [5.41, 5.74) is 4.13. The molecule has 3 aromatic rings. The molecule has 0 radical (unpaired) electrons. The number of hydrogen-bond donors (Lipinski definition) is 0. The van der Waals surface area contributed by atoms with E-state index in [1.54, 1.807) is 19.2 Å². The van der Waals surface area contributed by atoms with Gasteiger partial charge < -0.3 is 4.74 Å². The van der Waals surface area contributed by atoms with Gasteiger partial charge in [0, 0.05) is 23.5 Å². The molecule has 0 amide bonds. The van der Waals surface area contributed by atoms with Crippen molar-refractivity contribution in [3.8, 4) is 5.75 Å². The Morgan fingerprint density at radius 1 is 1.21 bits per heavy atom. The number of benzene rings is 1. The maximum atomic E-state index is 12.2. The number of hydrogen-bond acceptors (Lipinski definition) is 3. The lowest BCUT2D eigenvalue weighted by atomic mass is 10.1. The number of fused-ring (bicyclic) bond motifs is 1. The highest BCUT2D eigenvalue weighted by Gasteiger charge is 2.16. The van der Waals surface area contributed by atoms with E-state index in [1.807, 2.05) is 39.0 Å². The summed E-state index contributed by atoms with van der Waals surface area (Å²) in [6.45, 7) is 7.81. The third-order valence-electron chi connectivity index (χ3n) is 4.18. The molecule has 3 rings (SSSR count). The van der Waals surface area contributed by atoms with Crippen molar-refractivity contribution in [2.24, 2.45) is 0 Å². The van der Waals surface area contributed by atoms with E-state index in [0.29, 0.717) is 16.4 Å². The van der Waals surface area contributed by atoms with Crippen molar-refractivity contribution in [3.63, 3.8) is 0 Å². The lowest BCUT2D eigenvalue weighted by Crippen LogP contribution is -2.17. The normalized spacial score (nSPS) is 12.4. The Balaban J connectivity index is 2.11. The number of ether oxygens (including phenoxy) is 1. The van der Waals surface area contributed by atoms with Crippen molar-refractivity contribution in [3.05, 3.63) is 74.3 Å². The molecule has 0 saturated heterocycles. The highest BCUT2D eigenvalue weighted by molar-refractivity contribution is 6.30. The molecule has 124 valence electrons. The number of pyridine rings is 1. The second-order valence-electron chi connectivity index (χ2n) is 6.00. The molecule has 0 aliphatic carbocycles. The summed E-state index contributed by atoms with van der Waals surface area (Å²) in [7, 11) is 0. The standard InChI is InChI=1S/C19H19ClN2O2/c1-11-6-5-7-17(13(11)3)24-14(4)16-9-15(20)10-22-18(23)8-12(2)21-19(16)22/h5-10,14H,1-4H3/t14-/m0/s1. The van der Waals surface area contributed by atoms with Crippen LogP contribution in [0.3, 0.4) is 0 Å². The molecule has 1 atom stereocenters. The van der Waals surface area contributed by atoms with Gasteiger partial charge in [-0.3, -0.25) is 9.20 Å². The molecule has 1 aromatic carbocycles. The number of aryl methyl sites for hydroxylation is 2. The summed E-state index contributed by atoms with van der Waals surface area (Å²) in [6, 6.07) is 9.25. The molecule has 0 unspecified atom stereocenters. The molecule has 0 saturated carbocycles. The van der Waals surface area contributed by atoms with Gasteiger partial charge >= 0.3 is 0 Å². The molecule has 0 spiro atoms. The van der Waals surface area contributed by atoms with Crippen LogP contribution >= 0.6 is 11.6 Å². The van der Waals surface area contributed by atoms with Crippen LogP contribution in [0, 0.1) is 20.8 Å². The molecular formula is C19H19ClN2O2. The first-order valence-corrected chi connectivity index (χ1v) is 8.17. The van der Waals surface area contributed by atoms with Gasteiger partial charge in [-0.25, -0.2) is 4.98 Å². The zero-order valence-electron chi connectivity index (χ0n) is 14.1. The van der Waals surface area contributed by atoms with Gasteiger partial charge in [-0.05, 0) is 51.0 Å². The number of rotatable bonds is 3. The molecule has 0 aliphatic rings. The Morgan fingerprint density at radius 3 is 2.71 bits per heavy atom. The van der Waals surface area contributed by atoms with E-state index in [9.17, 15) is 4.79 Å². The molecule has 24 heavy (non-hydrogen) atoms. The SMILES string of the molecule is Cc1cc(=O)n2cc(Cl)cc([C@H](C)Oc3cccc(C)c3C)c2n1. The fourth-order valence-electron chi connectivity index (χ4n) is 2.71. The van der Waals surface area contributed by atoms with Gasteiger partial charge in [0.2, 0.25) is 0 Å². The van der Waals surface area contributed by atoms with Gasteiger partial charge in [0.15, 0.2) is 0 Å². The minimum Gasteiger partial charge on any atom is -0.486 e. The fraction of sp³-hybridized carbons (Fsp3) is 0.263. The first kappa shape index (κ1) is 16.5. The van der Waals surface area contributed by atoms with E-state index in [2.05, 4.69) is 4.98 Å². The summed E-state index contributed by atoms with van der Waals surface area (Å²) < 4.78 is 7.61. The predicted molar refractivity (Wildman–Crippen MR) is 96.2 cm³/mol. The van der Waals surface area contributed by atoms with Crippen LogP contribution in [0.1, 0.15) is 35.4 Å². The van der Waals surface area contributed by atoms with E-state index in [1.165, 1.54) is 16.0 Å². The second-order valence-corrected chi connectivity index (χ2v) is 6.44. The number of aromatic nitrogens is 2. The van der Waals surface area contributed by atoms with Crippen molar-refractivity contribution < 1.29 is 4.74 Å². The van der Waals surface area contributed by atoms with Crippen LogP contribution in [0.15, 0.2) is 41.3 Å². The van der Waals surface area contributed by atoms with Gasteiger partial charge in [0.25, 0.3) is 5.56 Å². The van der Waals surface area contributed by atoms with E-state index >= 15 is 0 Å². The molecule has 2 heterocycles. The summed E-state index contributed by atoms with van der Waals surface area (Å²) in [4.78, 5) is 16.7. The Hall–Kier alpha value is -2.33. The van der Waals surface area contributed by atoms with Crippen LogP contribution in [0.25, 0.3) is 5.65 Å². The maximum Gasteiger partial charge on any atom is 0.258 e. The van der Waals surface area contributed by atoms with Gasteiger partial charge in [0.05, 0.1) is 5.02 Å². The van der Waals surface area contributed by atoms with Crippen LogP contribution in [0.5, 0.6) is 5.75 Å². The number of nitrogens with zero attached hydrogens (tertiary/aromatic N) is 2. The van der Waals surface area contributed by atoms with Crippen molar-refractivity contribution in [1.29, 1.82) is 0 Å². The molecule has 2 aromatic heterocycles. The number of halogens is 1. The van der Waals surface area contributed by atoms with Gasteiger partial charge in [0.1, 0.15) is 17.5 Å². The van der Waals surface area contributed by atoms with E-state index in [-0.39, 0.29) is 11.7 Å². The van der Waals surface area contributed by atoms with E-state index < -0.39 is 0 Å². The summed E-state index contributed by atoms with van der Waals surface area (Å²) in [5.74, 6) is 0.815. The first-order valence-electron chi connectivity index (χ1n) is 7.79. The lowest BCUT2D eigenvalue weighted by molar-refractivity contribution is 0.226. The second kappa shape index (κ2) is 6.29. The quantitative estimate of drug-likeness (QED) is 0.708. The maximum absolute atomic E-state index is 12.2. The Bertz CT molecular complexity index is 979. The Morgan fingerprint density at radius 2 is 1.96 bits per heavy atom. The average Bonchev–Trinajstić information content (AvgIpc) is 2.52. The highest BCUT2D eigenvalue weighted by atomic mass is 35.5. The minimum atomic E-state index is -0.298. The Labute approximate surface area is 145 Å². The molecule has 0 bridgehead atoms. The topological polar surface area (TPSA) is 43.6 Å². The van der Waals surface area contributed by atoms with Crippen LogP contribution in [0.4, 0.5) is 0 Å². The average molecular weight is 343 g/mol. The van der Waals surface area contributed by atoms with Gasteiger partial charge in [-0.1, -0.05) is 23.7 Å². The highest BCUT2D eigenvalue weighted by Crippen LogP contribution is 2.29. The minimum absolute atomic E-state index is 0.153. The zero-order valence-corrected chi connectivity index (χ0v) is 14.9. The molecule has 5 heteroatoms. The van der Waals surface area contributed by atoms with Crippen LogP contribution in [0.2, 0.25) is 5.02 Å². The Kier molecular flexibility index (Phi) is 4.33. The van der Waals surface area contributed by atoms with Crippen LogP contribution in [-0.2, 0) is 0 Å². The van der Waals surface area contributed by atoms with Crippen molar-refractivity contribution in [2.75, 3.05) is 0 Å². The van der Waals surface area contributed by atoms with E-state index in [4.69, 9.17) is 16.3 Å². The third-order valence-corrected chi connectivity index (χ3v) is 4.39. The molecule has 4 nitrogen and oxygen atoms in total. The third kappa shape index (κ3) is 3.02. The van der Waals surface area contributed by atoms with Crippen LogP contribution < -0.4 is 10.3 Å². The van der Waals surface area contributed by atoms with E-state index in [0.717, 1.165) is 16.9 Å². The van der Waals surface area contributed by atoms with Crippen LogP contribution in [-0.4, -0.2) is 9.38 Å². The molecule has 0 fully saturated rings.